The number of hydrogen-bond donors (Lipinski definition) is 3. The Bertz CT molecular complexity index is 583. The van der Waals surface area contributed by atoms with Crippen LogP contribution in [-0.4, -0.2) is 27.4 Å². The van der Waals surface area contributed by atoms with Gasteiger partial charge in [0.1, 0.15) is 0 Å². The van der Waals surface area contributed by atoms with Crippen LogP contribution >= 0.6 is 0 Å². The topological polar surface area (TPSA) is 101 Å². The molecule has 1 rings (SSSR count). The zero-order valence-electron chi connectivity index (χ0n) is 11.9. The number of rotatable bonds is 6. The third-order valence-corrected chi connectivity index (χ3v) is 4.09. The Morgan fingerprint density at radius 2 is 2.00 bits per heavy atom. The molecule has 0 spiro atoms. The highest BCUT2D eigenvalue weighted by atomic mass is 32.2. The van der Waals surface area contributed by atoms with E-state index < -0.39 is 10.0 Å². The van der Waals surface area contributed by atoms with E-state index in [0.29, 0.717) is 18.2 Å². The van der Waals surface area contributed by atoms with E-state index >= 15 is 0 Å². The Labute approximate surface area is 119 Å². The zero-order chi connectivity index (χ0) is 15.3. The fraction of sp³-hybridized carbons (Fsp3) is 0.462. The molecular formula is C13H21N3O3S. The highest BCUT2D eigenvalue weighted by Gasteiger charge is 2.16. The second-order valence-corrected chi connectivity index (χ2v) is 6.81. The summed E-state index contributed by atoms with van der Waals surface area (Å²) >= 11 is 0. The minimum Gasteiger partial charge on any atom is -0.398 e. The van der Waals surface area contributed by atoms with Crippen molar-refractivity contribution >= 4 is 21.6 Å². The first-order valence-corrected chi connectivity index (χ1v) is 7.83. The Hall–Kier alpha value is -1.60. The van der Waals surface area contributed by atoms with Crippen molar-refractivity contribution in [2.45, 2.75) is 25.7 Å². The molecule has 0 aromatic heterocycles. The van der Waals surface area contributed by atoms with Crippen LogP contribution in [0.2, 0.25) is 0 Å². The van der Waals surface area contributed by atoms with Gasteiger partial charge in [0, 0.05) is 12.2 Å². The molecule has 0 atom stereocenters. The van der Waals surface area contributed by atoms with E-state index in [1.807, 2.05) is 13.8 Å². The average Bonchev–Trinajstić information content (AvgIpc) is 2.37. The Kier molecular flexibility index (Phi) is 5.52. The van der Waals surface area contributed by atoms with Crippen molar-refractivity contribution in [1.82, 2.24) is 10.0 Å². The van der Waals surface area contributed by atoms with E-state index in [9.17, 15) is 13.2 Å². The molecule has 1 aromatic rings. The Morgan fingerprint density at radius 3 is 2.55 bits per heavy atom. The second kappa shape index (κ2) is 6.71. The summed E-state index contributed by atoms with van der Waals surface area (Å²) in [5.41, 5.74) is 6.89. The van der Waals surface area contributed by atoms with Gasteiger partial charge in [-0.3, -0.25) is 4.79 Å². The van der Waals surface area contributed by atoms with Crippen molar-refractivity contribution in [2.75, 3.05) is 18.8 Å². The van der Waals surface area contributed by atoms with Crippen molar-refractivity contribution in [3.8, 4) is 0 Å². The second-order valence-electron chi connectivity index (χ2n) is 5.04. The lowest BCUT2D eigenvalue weighted by Gasteiger charge is -2.10. The minimum absolute atomic E-state index is 0.0530. The van der Waals surface area contributed by atoms with E-state index in [0.717, 1.165) is 5.56 Å². The molecule has 1 aromatic carbocycles. The molecule has 7 heteroatoms. The van der Waals surface area contributed by atoms with Crippen LogP contribution in [0.1, 0.15) is 19.4 Å². The number of nitrogens with two attached hydrogens (primary N) is 1. The number of benzene rings is 1. The van der Waals surface area contributed by atoms with Gasteiger partial charge in [-0.15, -0.1) is 0 Å². The number of nitrogens with one attached hydrogen (secondary N) is 2. The largest absolute Gasteiger partial charge is 0.398 e. The highest BCUT2D eigenvalue weighted by molar-refractivity contribution is 7.89. The predicted molar refractivity (Wildman–Crippen MR) is 78.6 cm³/mol. The van der Waals surface area contributed by atoms with Crippen molar-refractivity contribution in [1.29, 1.82) is 0 Å². The van der Waals surface area contributed by atoms with Crippen LogP contribution in [0.15, 0.2) is 23.1 Å². The molecule has 6 nitrogen and oxygen atoms in total. The number of hydrogen-bond acceptors (Lipinski definition) is 4. The molecule has 0 unspecified atom stereocenters. The van der Waals surface area contributed by atoms with Crippen LogP contribution in [0.25, 0.3) is 0 Å². The van der Waals surface area contributed by atoms with Crippen LogP contribution in [0, 0.1) is 12.8 Å². The first-order valence-electron chi connectivity index (χ1n) is 6.35. The number of aryl methyl sites for hydroxylation is 1. The van der Waals surface area contributed by atoms with Gasteiger partial charge < -0.3 is 11.1 Å². The summed E-state index contributed by atoms with van der Waals surface area (Å²) in [4.78, 5) is 11.5. The molecule has 1 amide bonds. The van der Waals surface area contributed by atoms with Crippen LogP contribution in [0.4, 0.5) is 5.69 Å². The summed E-state index contributed by atoms with van der Waals surface area (Å²) in [6.45, 7) is 5.93. The predicted octanol–water partition coefficient (Wildman–Crippen LogP) is 0.628. The van der Waals surface area contributed by atoms with Gasteiger partial charge in [-0.05, 0) is 30.5 Å². The number of anilines is 1. The van der Waals surface area contributed by atoms with Gasteiger partial charge in [-0.2, -0.15) is 0 Å². The highest BCUT2D eigenvalue weighted by Crippen LogP contribution is 2.16. The van der Waals surface area contributed by atoms with E-state index in [2.05, 4.69) is 10.0 Å². The summed E-state index contributed by atoms with van der Waals surface area (Å²) in [7, 11) is -3.72. The summed E-state index contributed by atoms with van der Waals surface area (Å²) in [6, 6.07) is 4.46. The maximum Gasteiger partial charge on any atom is 0.241 e. The number of nitrogen functional groups attached to an aromatic ring is 1. The molecule has 112 valence electrons. The lowest BCUT2D eigenvalue weighted by molar-refractivity contribution is -0.120. The number of carbonyl (C=O) groups is 1. The molecular weight excluding hydrogens is 278 g/mol. The quantitative estimate of drug-likeness (QED) is 0.670. The minimum atomic E-state index is -3.72. The lowest BCUT2D eigenvalue weighted by Crippen LogP contribution is -2.38. The van der Waals surface area contributed by atoms with E-state index in [-0.39, 0.29) is 17.3 Å². The van der Waals surface area contributed by atoms with Crippen molar-refractivity contribution in [3.63, 3.8) is 0 Å². The standard InChI is InChI=1S/C13H21N3O3S/c1-9(2)7-15-13(17)8-16-20(18,19)11-5-4-10(3)12(14)6-11/h4-6,9,16H,7-8,14H2,1-3H3,(H,15,17). The normalized spacial score (nSPS) is 11.6. The van der Waals surface area contributed by atoms with Crippen LogP contribution in [-0.2, 0) is 14.8 Å². The maximum absolute atomic E-state index is 12.0. The van der Waals surface area contributed by atoms with Gasteiger partial charge in [0.05, 0.1) is 11.4 Å². The molecule has 20 heavy (non-hydrogen) atoms. The summed E-state index contributed by atoms with van der Waals surface area (Å²) in [5.74, 6) is -0.0465. The molecule has 0 aliphatic heterocycles. The van der Waals surface area contributed by atoms with Gasteiger partial charge in [-0.1, -0.05) is 19.9 Å². The van der Waals surface area contributed by atoms with E-state index in [1.165, 1.54) is 12.1 Å². The van der Waals surface area contributed by atoms with Crippen molar-refractivity contribution in [3.05, 3.63) is 23.8 Å². The maximum atomic E-state index is 12.0. The first-order chi connectivity index (χ1) is 9.22. The molecule has 0 saturated carbocycles. The monoisotopic (exact) mass is 299 g/mol. The summed E-state index contributed by atoms with van der Waals surface area (Å²) < 4.78 is 26.2. The summed E-state index contributed by atoms with van der Waals surface area (Å²) in [6.07, 6.45) is 0. The molecule has 0 fully saturated rings. The van der Waals surface area contributed by atoms with Gasteiger partial charge >= 0.3 is 0 Å². The van der Waals surface area contributed by atoms with Crippen molar-refractivity contribution in [2.24, 2.45) is 5.92 Å². The number of sulfonamides is 1. The van der Waals surface area contributed by atoms with Crippen LogP contribution < -0.4 is 15.8 Å². The van der Waals surface area contributed by atoms with Gasteiger partial charge in [0.15, 0.2) is 0 Å². The molecule has 0 radical (unpaired) electrons. The fourth-order valence-electron chi connectivity index (χ4n) is 1.41. The summed E-state index contributed by atoms with van der Waals surface area (Å²) in [5, 5.41) is 2.64. The smallest absolute Gasteiger partial charge is 0.241 e. The third kappa shape index (κ3) is 4.82. The average molecular weight is 299 g/mol. The van der Waals surface area contributed by atoms with Crippen molar-refractivity contribution < 1.29 is 13.2 Å². The third-order valence-electron chi connectivity index (χ3n) is 2.69. The lowest BCUT2D eigenvalue weighted by atomic mass is 10.2. The molecule has 0 aliphatic rings. The van der Waals surface area contributed by atoms with Gasteiger partial charge in [-0.25, -0.2) is 13.1 Å². The Balaban J connectivity index is 2.66. The molecule has 0 aliphatic carbocycles. The Morgan fingerprint density at radius 1 is 1.35 bits per heavy atom. The molecule has 0 bridgehead atoms. The van der Waals surface area contributed by atoms with Crippen LogP contribution in [0.5, 0.6) is 0 Å². The molecule has 0 saturated heterocycles. The zero-order valence-corrected chi connectivity index (χ0v) is 12.8. The molecule has 0 heterocycles. The number of carbonyl (C=O) groups excluding carboxylic acids is 1. The van der Waals surface area contributed by atoms with Gasteiger partial charge in [0.25, 0.3) is 0 Å². The van der Waals surface area contributed by atoms with E-state index in [4.69, 9.17) is 5.73 Å². The first kappa shape index (κ1) is 16.5. The van der Waals surface area contributed by atoms with E-state index in [1.54, 1.807) is 13.0 Å². The van der Waals surface area contributed by atoms with Crippen LogP contribution in [0.3, 0.4) is 0 Å². The fourth-order valence-corrected chi connectivity index (χ4v) is 2.43. The number of amides is 1. The van der Waals surface area contributed by atoms with Gasteiger partial charge in [0.2, 0.25) is 15.9 Å². The SMILES string of the molecule is Cc1ccc(S(=O)(=O)NCC(=O)NCC(C)C)cc1N. The molecule has 4 N–H and O–H groups in total.